The van der Waals surface area contributed by atoms with Crippen LogP contribution in [0, 0.1) is 0 Å². The van der Waals surface area contributed by atoms with Crippen molar-refractivity contribution in [2.24, 2.45) is 0 Å². The molecule has 0 saturated carbocycles. The fraction of sp³-hybridized carbons (Fsp3) is 0. The molecule has 2 nitrogen and oxygen atoms in total. The van der Waals surface area contributed by atoms with Crippen molar-refractivity contribution in [2.45, 2.75) is 0 Å². The lowest BCUT2D eigenvalue weighted by Gasteiger charge is -1.98. The molecule has 0 unspecified atom stereocenters. The molecule has 0 atom stereocenters. The first-order chi connectivity index (χ1) is 6.77. The van der Waals surface area contributed by atoms with Crippen LogP contribution >= 0.6 is 15.9 Å². The van der Waals surface area contributed by atoms with Crippen molar-refractivity contribution in [3.63, 3.8) is 0 Å². The topological polar surface area (TPSA) is 32.9 Å². The summed E-state index contributed by atoms with van der Waals surface area (Å²) in [5, 5.41) is 0. The summed E-state index contributed by atoms with van der Waals surface area (Å²) < 4.78 is 0.973. The van der Waals surface area contributed by atoms with Gasteiger partial charge in [-0.15, -0.1) is 0 Å². The Bertz CT molecular complexity index is 431. The van der Waals surface area contributed by atoms with E-state index in [1.54, 1.807) is 24.4 Å². The van der Waals surface area contributed by atoms with Gasteiger partial charge in [-0.05, 0) is 36.4 Å². The van der Waals surface area contributed by atoms with Crippen molar-refractivity contribution in [1.82, 2.24) is 4.98 Å². The van der Waals surface area contributed by atoms with E-state index in [2.05, 4.69) is 20.9 Å². The summed E-state index contributed by atoms with van der Waals surface area (Å²) in [5.41, 5.74) is 1.31. The van der Waals surface area contributed by atoms with E-state index in [1.165, 1.54) is 0 Å². The summed E-state index contributed by atoms with van der Waals surface area (Å²) in [6.07, 6.45) is 1.74. The average Bonchev–Trinajstić information content (AvgIpc) is 2.71. The number of ketones is 1. The molecule has 0 aliphatic carbocycles. The van der Waals surface area contributed by atoms with Crippen molar-refractivity contribution < 1.29 is 4.79 Å². The number of H-pyrrole nitrogens is 1. The molecule has 3 heteroatoms. The number of carbonyl (C=O) groups is 1. The van der Waals surface area contributed by atoms with Crippen LogP contribution in [0.2, 0.25) is 0 Å². The van der Waals surface area contributed by atoms with Gasteiger partial charge in [0.25, 0.3) is 0 Å². The maximum Gasteiger partial charge on any atom is 0.209 e. The van der Waals surface area contributed by atoms with Crippen LogP contribution in [-0.4, -0.2) is 10.8 Å². The molecule has 1 aromatic carbocycles. The summed E-state index contributed by atoms with van der Waals surface area (Å²) in [7, 11) is 0. The molecule has 2 aromatic rings. The lowest BCUT2D eigenvalue weighted by atomic mass is 10.1. The predicted octanol–water partition coefficient (Wildman–Crippen LogP) is 3.01. The molecule has 1 aromatic heterocycles. The van der Waals surface area contributed by atoms with Crippen molar-refractivity contribution in [3.05, 3.63) is 58.3 Å². The number of nitrogens with one attached hydrogen (secondary N) is 1. The first-order valence-corrected chi connectivity index (χ1v) is 5.00. The summed E-state index contributed by atoms with van der Waals surface area (Å²) >= 11 is 3.32. The van der Waals surface area contributed by atoms with E-state index in [9.17, 15) is 4.79 Å². The zero-order chi connectivity index (χ0) is 9.97. The number of benzene rings is 1. The van der Waals surface area contributed by atoms with E-state index >= 15 is 0 Å². The second-order valence-corrected chi connectivity index (χ2v) is 3.84. The average molecular weight is 250 g/mol. The third kappa shape index (κ3) is 1.77. The van der Waals surface area contributed by atoms with Crippen LogP contribution in [0.25, 0.3) is 0 Å². The van der Waals surface area contributed by atoms with E-state index in [4.69, 9.17) is 0 Å². The van der Waals surface area contributed by atoms with Crippen LogP contribution in [0.3, 0.4) is 0 Å². The van der Waals surface area contributed by atoms with Crippen molar-refractivity contribution in [1.29, 1.82) is 0 Å². The molecular formula is C11H8BrNO. The first kappa shape index (κ1) is 9.21. The molecule has 0 bridgehead atoms. The van der Waals surface area contributed by atoms with Gasteiger partial charge in [0.2, 0.25) is 5.78 Å². The third-order valence-corrected chi connectivity index (χ3v) is 2.48. The molecule has 0 fully saturated rings. The molecule has 70 valence electrons. The highest BCUT2D eigenvalue weighted by atomic mass is 79.9. The zero-order valence-electron chi connectivity index (χ0n) is 7.33. The zero-order valence-corrected chi connectivity index (χ0v) is 8.91. The summed E-state index contributed by atoms with van der Waals surface area (Å²) in [4.78, 5) is 14.7. The molecular weight excluding hydrogens is 242 g/mol. The number of carbonyl (C=O) groups excluding carboxylic acids is 1. The fourth-order valence-corrected chi connectivity index (χ4v) is 1.49. The molecule has 0 aliphatic rings. The molecule has 1 N–H and O–H groups in total. The smallest absolute Gasteiger partial charge is 0.209 e. The molecule has 2 rings (SSSR count). The predicted molar refractivity (Wildman–Crippen MR) is 58.4 cm³/mol. The van der Waals surface area contributed by atoms with Crippen molar-refractivity contribution in [3.8, 4) is 0 Å². The standard InChI is InChI=1S/C11H8BrNO/c12-9-5-3-8(4-6-9)11(14)10-2-1-7-13-10/h1-7,13H. The van der Waals surface area contributed by atoms with Crippen LogP contribution in [0.15, 0.2) is 47.1 Å². The lowest BCUT2D eigenvalue weighted by Crippen LogP contribution is -2.00. The highest BCUT2D eigenvalue weighted by Gasteiger charge is 2.08. The van der Waals surface area contributed by atoms with Crippen LogP contribution in [0.4, 0.5) is 0 Å². The number of aromatic amines is 1. The molecule has 14 heavy (non-hydrogen) atoms. The third-order valence-electron chi connectivity index (χ3n) is 1.95. The lowest BCUT2D eigenvalue weighted by molar-refractivity contribution is 0.103. The quantitative estimate of drug-likeness (QED) is 0.816. The van der Waals surface area contributed by atoms with Crippen molar-refractivity contribution >= 4 is 21.7 Å². The number of hydrogen-bond acceptors (Lipinski definition) is 1. The summed E-state index contributed by atoms with van der Waals surface area (Å²) in [6, 6.07) is 10.9. The van der Waals surface area contributed by atoms with Gasteiger partial charge in [-0.2, -0.15) is 0 Å². The van der Waals surface area contributed by atoms with Crippen LogP contribution in [0.5, 0.6) is 0 Å². The molecule has 0 radical (unpaired) electrons. The molecule has 0 aliphatic heterocycles. The second-order valence-electron chi connectivity index (χ2n) is 2.92. The van der Waals surface area contributed by atoms with Gasteiger partial charge in [-0.3, -0.25) is 4.79 Å². The first-order valence-electron chi connectivity index (χ1n) is 4.21. The van der Waals surface area contributed by atoms with E-state index in [0.717, 1.165) is 4.47 Å². The molecule has 0 spiro atoms. The summed E-state index contributed by atoms with van der Waals surface area (Å²) in [5.74, 6) is 0.0162. The normalized spacial score (nSPS) is 10.1. The molecule has 0 amide bonds. The Morgan fingerprint density at radius 3 is 2.43 bits per heavy atom. The van der Waals surface area contributed by atoms with E-state index in [1.807, 2.05) is 18.2 Å². The highest BCUT2D eigenvalue weighted by molar-refractivity contribution is 9.10. The maximum atomic E-state index is 11.8. The molecule has 0 saturated heterocycles. The molecule has 1 heterocycles. The van der Waals surface area contributed by atoms with Crippen LogP contribution in [-0.2, 0) is 0 Å². The van der Waals surface area contributed by atoms with E-state index in [0.29, 0.717) is 11.3 Å². The Morgan fingerprint density at radius 1 is 1.14 bits per heavy atom. The van der Waals surface area contributed by atoms with Crippen LogP contribution < -0.4 is 0 Å². The van der Waals surface area contributed by atoms with Gasteiger partial charge in [0.1, 0.15) is 0 Å². The number of halogens is 1. The number of rotatable bonds is 2. The van der Waals surface area contributed by atoms with E-state index in [-0.39, 0.29) is 5.78 Å². The Labute approximate surface area is 90.1 Å². The Kier molecular flexibility index (Phi) is 2.50. The van der Waals surface area contributed by atoms with Gasteiger partial charge in [-0.25, -0.2) is 0 Å². The Hall–Kier alpha value is -1.35. The second kappa shape index (κ2) is 3.80. The van der Waals surface area contributed by atoms with Gasteiger partial charge < -0.3 is 4.98 Å². The largest absolute Gasteiger partial charge is 0.359 e. The monoisotopic (exact) mass is 249 g/mol. The fourth-order valence-electron chi connectivity index (χ4n) is 1.23. The summed E-state index contributed by atoms with van der Waals surface area (Å²) in [6.45, 7) is 0. The van der Waals surface area contributed by atoms with E-state index < -0.39 is 0 Å². The highest BCUT2D eigenvalue weighted by Crippen LogP contribution is 2.13. The van der Waals surface area contributed by atoms with Gasteiger partial charge in [-0.1, -0.05) is 15.9 Å². The Morgan fingerprint density at radius 2 is 1.86 bits per heavy atom. The van der Waals surface area contributed by atoms with Gasteiger partial charge in [0, 0.05) is 16.2 Å². The number of hydrogen-bond donors (Lipinski definition) is 1. The number of aromatic nitrogens is 1. The van der Waals surface area contributed by atoms with Gasteiger partial charge in [0.05, 0.1) is 5.69 Å². The minimum absolute atomic E-state index is 0.0162. The van der Waals surface area contributed by atoms with Gasteiger partial charge in [0.15, 0.2) is 0 Å². The minimum atomic E-state index is 0.0162. The maximum absolute atomic E-state index is 11.8. The van der Waals surface area contributed by atoms with Crippen molar-refractivity contribution in [2.75, 3.05) is 0 Å². The minimum Gasteiger partial charge on any atom is -0.359 e. The van der Waals surface area contributed by atoms with Gasteiger partial charge >= 0.3 is 0 Å². The SMILES string of the molecule is O=C(c1ccc(Br)cc1)c1ccc[nH]1. The Balaban J connectivity index is 2.33. The van der Waals surface area contributed by atoms with Crippen LogP contribution in [0.1, 0.15) is 16.1 Å².